The van der Waals surface area contributed by atoms with E-state index in [0.29, 0.717) is 24.1 Å². The van der Waals surface area contributed by atoms with Crippen LogP contribution in [0.3, 0.4) is 0 Å². The topological polar surface area (TPSA) is 56.2 Å². The highest BCUT2D eigenvalue weighted by molar-refractivity contribution is 5.97. The lowest BCUT2D eigenvalue weighted by Gasteiger charge is -2.46. The highest BCUT2D eigenvalue weighted by atomic mass is 19.1. The molecule has 1 saturated heterocycles. The van der Waals surface area contributed by atoms with Gasteiger partial charge in [-0.3, -0.25) is 10.3 Å². The number of hydrogen-bond acceptors (Lipinski definition) is 2. The summed E-state index contributed by atoms with van der Waals surface area (Å²) in [4.78, 5) is 14.2. The largest absolute Gasteiger partial charge is 0.327 e. The minimum Gasteiger partial charge on any atom is -0.314 e. The number of halogens is 1. The molecule has 0 bridgehead atoms. The van der Waals surface area contributed by atoms with E-state index in [-0.39, 0.29) is 17.9 Å². The second kappa shape index (κ2) is 7.21. The predicted molar refractivity (Wildman–Crippen MR) is 97.6 cm³/mol. The molecule has 3 rings (SSSR count). The van der Waals surface area contributed by atoms with E-state index >= 15 is 0 Å². The van der Waals surface area contributed by atoms with Crippen molar-refractivity contribution in [2.45, 2.75) is 38.6 Å². The van der Waals surface area contributed by atoms with Crippen LogP contribution in [-0.2, 0) is 0 Å². The number of amides is 2. The van der Waals surface area contributed by atoms with E-state index in [2.05, 4.69) is 18.8 Å². The van der Waals surface area contributed by atoms with Gasteiger partial charge in [0.05, 0.1) is 6.04 Å². The van der Waals surface area contributed by atoms with Crippen LogP contribution in [0.5, 0.6) is 0 Å². The third-order valence-corrected chi connectivity index (χ3v) is 5.07. The van der Waals surface area contributed by atoms with Crippen molar-refractivity contribution in [2.75, 3.05) is 0 Å². The summed E-state index contributed by atoms with van der Waals surface area (Å²) in [6, 6.07) is 5.66. The summed E-state index contributed by atoms with van der Waals surface area (Å²) in [5, 5.41) is 11.0. The Kier molecular flexibility index (Phi) is 5.02. The monoisotopic (exact) mass is 341 g/mol. The van der Waals surface area contributed by atoms with Crippen LogP contribution in [-0.4, -0.2) is 22.8 Å². The molecule has 1 aromatic carbocycles. The van der Waals surface area contributed by atoms with E-state index < -0.39 is 0 Å². The zero-order valence-electron chi connectivity index (χ0n) is 14.5. The Morgan fingerprint density at radius 1 is 1.40 bits per heavy atom. The SMILES string of the molecule is C=C1CC(C)CC2CCC(=N)N(C(=O)N/C=C/c3ccc(F)cc3)C12. The highest BCUT2D eigenvalue weighted by Crippen LogP contribution is 2.40. The smallest absolute Gasteiger partial charge is 0.314 e. The molecular weight excluding hydrogens is 317 g/mol. The molecule has 4 nitrogen and oxygen atoms in total. The van der Waals surface area contributed by atoms with Crippen LogP contribution in [0.1, 0.15) is 38.2 Å². The van der Waals surface area contributed by atoms with Gasteiger partial charge in [-0.05, 0) is 54.9 Å². The summed E-state index contributed by atoms with van der Waals surface area (Å²) in [5.41, 5.74) is 1.84. The Hall–Kier alpha value is -2.43. The summed E-state index contributed by atoms with van der Waals surface area (Å²) in [5.74, 6) is 1.03. The first-order valence-corrected chi connectivity index (χ1v) is 8.72. The Morgan fingerprint density at radius 3 is 2.84 bits per heavy atom. The molecule has 2 fully saturated rings. The number of carbonyl (C=O) groups is 1. The molecule has 5 heteroatoms. The van der Waals surface area contributed by atoms with E-state index in [1.807, 2.05) is 0 Å². The number of piperidine rings is 1. The van der Waals surface area contributed by atoms with Gasteiger partial charge in [-0.1, -0.05) is 31.2 Å². The van der Waals surface area contributed by atoms with Crippen molar-refractivity contribution in [1.82, 2.24) is 10.2 Å². The van der Waals surface area contributed by atoms with E-state index in [4.69, 9.17) is 5.41 Å². The van der Waals surface area contributed by atoms with Crippen LogP contribution in [0.2, 0.25) is 0 Å². The van der Waals surface area contributed by atoms with Crippen LogP contribution in [0.15, 0.2) is 42.6 Å². The Morgan fingerprint density at radius 2 is 2.12 bits per heavy atom. The number of carbonyl (C=O) groups excluding carboxylic acids is 1. The molecule has 3 atom stereocenters. The molecule has 0 radical (unpaired) electrons. The fourth-order valence-corrected chi connectivity index (χ4v) is 4.01. The van der Waals surface area contributed by atoms with Crippen LogP contribution in [0.25, 0.3) is 6.08 Å². The van der Waals surface area contributed by atoms with E-state index in [1.165, 1.54) is 12.1 Å². The minimum atomic E-state index is -0.297. The molecule has 2 amide bonds. The number of nitrogens with zero attached hydrogens (tertiary/aromatic N) is 1. The molecule has 3 unspecified atom stereocenters. The fourth-order valence-electron chi connectivity index (χ4n) is 4.01. The molecule has 1 aliphatic carbocycles. The molecule has 0 aromatic heterocycles. The van der Waals surface area contributed by atoms with Crippen molar-refractivity contribution in [3.8, 4) is 0 Å². The summed E-state index contributed by atoms with van der Waals surface area (Å²) in [6.07, 6.45) is 6.80. The number of fused-ring (bicyclic) bond motifs is 1. The van der Waals surface area contributed by atoms with E-state index in [1.54, 1.807) is 29.3 Å². The Bertz CT molecular complexity index is 710. The Labute approximate surface area is 147 Å². The highest BCUT2D eigenvalue weighted by Gasteiger charge is 2.42. The average molecular weight is 341 g/mol. The first kappa shape index (κ1) is 17.4. The maximum atomic E-state index is 12.9. The van der Waals surface area contributed by atoms with Crippen LogP contribution in [0, 0.1) is 23.1 Å². The second-order valence-electron chi connectivity index (χ2n) is 7.10. The van der Waals surface area contributed by atoms with Crippen molar-refractivity contribution in [3.63, 3.8) is 0 Å². The van der Waals surface area contributed by atoms with Gasteiger partial charge in [0.2, 0.25) is 0 Å². The van der Waals surface area contributed by atoms with Crippen LogP contribution < -0.4 is 5.32 Å². The van der Waals surface area contributed by atoms with Gasteiger partial charge in [-0.15, -0.1) is 0 Å². The third-order valence-electron chi connectivity index (χ3n) is 5.07. The van der Waals surface area contributed by atoms with Gasteiger partial charge in [-0.2, -0.15) is 0 Å². The number of rotatable bonds is 2. The molecule has 0 spiro atoms. The lowest BCUT2D eigenvalue weighted by molar-refractivity contribution is 0.159. The van der Waals surface area contributed by atoms with Gasteiger partial charge < -0.3 is 5.32 Å². The number of benzene rings is 1. The quantitative estimate of drug-likeness (QED) is 0.762. The molecule has 1 heterocycles. The Balaban J connectivity index is 1.70. The van der Waals surface area contributed by atoms with Gasteiger partial charge >= 0.3 is 6.03 Å². The molecule has 1 saturated carbocycles. The van der Waals surface area contributed by atoms with Crippen molar-refractivity contribution >= 4 is 17.9 Å². The third kappa shape index (κ3) is 3.81. The molecule has 2 aliphatic rings. The number of amidine groups is 1. The van der Waals surface area contributed by atoms with Gasteiger partial charge in [0.25, 0.3) is 0 Å². The van der Waals surface area contributed by atoms with Crippen molar-refractivity contribution < 1.29 is 9.18 Å². The summed E-state index contributed by atoms with van der Waals surface area (Å²) in [7, 11) is 0. The standard InChI is InChI=1S/C20H24FN3O/c1-13-11-14(2)19-16(12-13)5-8-18(22)24(19)20(25)23-10-9-15-3-6-17(21)7-4-15/h3-4,6-7,9-10,13,16,19,22H,2,5,8,11-12H2,1H3,(H,23,25)/b10-9+,22-18?. The lowest BCUT2D eigenvalue weighted by Crippen LogP contribution is -2.56. The lowest BCUT2D eigenvalue weighted by atomic mass is 9.72. The van der Waals surface area contributed by atoms with Crippen molar-refractivity contribution in [1.29, 1.82) is 5.41 Å². The van der Waals surface area contributed by atoms with Gasteiger partial charge in [-0.25, -0.2) is 9.18 Å². The number of likely N-dealkylation sites (tertiary alicyclic amines) is 1. The molecule has 132 valence electrons. The summed E-state index contributed by atoms with van der Waals surface area (Å²) in [6.45, 7) is 6.40. The van der Waals surface area contributed by atoms with Gasteiger partial charge in [0.1, 0.15) is 11.7 Å². The molecular formula is C20H24FN3O. The molecule has 1 aliphatic heterocycles. The van der Waals surface area contributed by atoms with Gasteiger partial charge in [0, 0.05) is 12.6 Å². The van der Waals surface area contributed by atoms with Crippen LogP contribution >= 0.6 is 0 Å². The van der Waals surface area contributed by atoms with Crippen LogP contribution in [0.4, 0.5) is 9.18 Å². The zero-order chi connectivity index (χ0) is 18.0. The minimum absolute atomic E-state index is 0.0725. The first-order valence-electron chi connectivity index (χ1n) is 8.72. The normalized spacial score (nSPS) is 26.6. The maximum Gasteiger partial charge on any atom is 0.327 e. The zero-order valence-corrected chi connectivity index (χ0v) is 14.5. The molecule has 1 aromatic rings. The van der Waals surface area contributed by atoms with E-state index in [0.717, 1.165) is 30.4 Å². The first-order chi connectivity index (χ1) is 12.0. The fraction of sp³-hybridized carbons (Fsp3) is 0.400. The number of urea groups is 1. The van der Waals surface area contributed by atoms with Gasteiger partial charge in [0.15, 0.2) is 0 Å². The molecule has 25 heavy (non-hydrogen) atoms. The summed E-state index contributed by atoms with van der Waals surface area (Å²) < 4.78 is 12.9. The number of hydrogen-bond donors (Lipinski definition) is 2. The van der Waals surface area contributed by atoms with E-state index in [9.17, 15) is 9.18 Å². The number of nitrogens with one attached hydrogen (secondary N) is 2. The van der Waals surface area contributed by atoms with Crippen molar-refractivity contribution in [2.24, 2.45) is 11.8 Å². The maximum absolute atomic E-state index is 12.9. The predicted octanol–water partition coefficient (Wildman–Crippen LogP) is 4.55. The van der Waals surface area contributed by atoms with Crippen molar-refractivity contribution in [3.05, 3.63) is 54.0 Å². The second-order valence-corrected chi connectivity index (χ2v) is 7.10. The summed E-state index contributed by atoms with van der Waals surface area (Å²) >= 11 is 0. The molecule has 2 N–H and O–H groups in total. The average Bonchev–Trinajstić information content (AvgIpc) is 2.57.